The van der Waals surface area contributed by atoms with Gasteiger partial charge in [0.25, 0.3) is 11.8 Å². The van der Waals surface area contributed by atoms with Crippen molar-refractivity contribution < 1.29 is 22.0 Å². The van der Waals surface area contributed by atoms with E-state index in [0.717, 1.165) is 6.26 Å². The number of hydrogen-bond donors (Lipinski definition) is 1. The van der Waals surface area contributed by atoms with Crippen LogP contribution in [-0.4, -0.2) is 25.6 Å². The molecule has 166 valence electrons. The number of benzene rings is 2. The van der Waals surface area contributed by atoms with Crippen LogP contribution in [0.15, 0.2) is 78.3 Å². The van der Waals surface area contributed by atoms with Crippen LogP contribution in [0.1, 0.15) is 21.5 Å². The molecule has 0 aliphatic rings. The fraction of sp³-hybridized carbons (Fsp3) is 0.130. The first kappa shape index (κ1) is 23.6. The second-order valence-corrected chi connectivity index (χ2v) is 9.47. The lowest BCUT2D eigenvalue weighted by atomic mass is 10.0. The number of rotatable bonds is 7. The van der Waals surface area contributed by atoms with E-state index in [1.807, 2.05) is 0 Å². The highest BCUT2D eigenvalue weighted by atomic mass is 35.5. The van der Waals surface area contributed by atoms with Gasteiger partial charge in [0.1, 0.15) is 0 Å². The highest BCUT2D eigenvalue weighted by molar-refractivity contribution is 7.90. The summed E-state index contributed by atoms with van der Waals surface area (Å²) in [7, 11) is -3.38. The van der Waals surface area contributed by atoms with Crippen molar-refractivity contribution in [1.82, 2.24) is 10.3 Å². The Labute approximate surface area is 189 Å². The van der Waals surface area contributed by atoms with Crippen molar-refractivity contribution in [2.24, 2.45) is 0 Å². The standard InChI is InChI=1S/C23H19ClF2N2O3S/c1-3-23(25,26)18-8-4-15(5-9-18)21-11-7-17(14-27-21)22(29)28-13-16-6-10-19(12-20(16)24)32(2,30)31/h3-12,14H,1,13H2,2H3,(H,28,29). The van der Waals surface area contributed by atoms with E-state index in [4.69, 9.17) is 11.6 Å². The summed E-state index contributed by atoms with van der Waals surface area (Å²) in [6, 6.07) is 13.1. The zero-order valence-corrected chi connectivity index (χ0v) is 18.6. The van der Waals surface area contributed by atoms with Crippen molar-refractivity contribution in [3.63, 3.8) is 0 Å². The molecular weight excluding hydrogens is 458 g/mol. The van der Waals surface area contributed by atoms with Crippen molar-refractivity contribution in [3.05, 3.63) is 95.2 Å². The number of nitrogens with zero attached hydrogens (tertiary/aromatic N) is 1. The minimum atomic E-state index is -3.38. The second-order valence-electron chi connectivity index (χ2n) is 7.04. The topological polar surface area (TPSA) is 76.1 Å². The van der Waals surface area contributed by atoms with Crippen LogP contribution in [-0.2, 0) is 22.3 Å². The first-order valence-electron chi connectivity index (χ1n) is 9.36. The quantitative estimate of drug-likeness (QED) is 0.486. The summed E-state index contributed by atoms with van der Waals surface area (Å²) in [6.07, 6.45) is 3.05. The van der Waals surface area contributed by atoms with Gasteiger partial charge in [0.2, 0.25) is 0 Å². The Morgan fingerprint density at radius 2 is 1.84 bits per heavy atom. The Morgan fingerprint density at radius 1 is 1.16 bits per heavy atom. The van der Waals surface area contributed by atoms with E-state index in [-0.39, 0.29) is 22.0 Å². The first-order chi connectivity index (χ1) is 15.0. The average molecular weight is 477 g/mol. The maximum absolute atomic E-state index is 13.6. The average Bonchev–Trinajstić information content (AvgIpc) is 2.77. The minimum absolute atomic E-state index is 0.0959. The number of pyridine rings is 1. The summed E-state index contributed by atoms with van der Waals surface area (Å²) in [6.45, 7) is 3.24. The third kappa shape index (κ3) is 5.38. The largest absolute Gasteiger partial charge is 0.348 e. The number of alkyl halides is 2. The maximum atomic E-state index is 13.6. The monoisotopic (exact) mass is 476 g/mol. The van der Waals surface area contributed by atoms with Gasteiger partial charge in [0, 0.05) is 35.1 Å². The van der Waals surface area contributed by atoms with Gasteiger partial charge < -0.3 is 5.32 Å². The Bertz CT molecular complexity index is 1260. The Hall–Kier alpha value is -3.10. The molecular formula is C23H19ClF2N2O3S. The number of sulfone groups is 1. The summed E-state index contributed by atoms with van der Waals surface area (Å²) in [5.74, 6) is -3.50. The smallest absolute Gasteiger partial charge is 0.291 e. The van der Waals surface area contributed by atoms with Crippen molar-refractivity contribution in [1.29, 1.82) is 0 Å². The number of carbonyl (C=O) groups excluding carboxylic acids is 1. The van der Waals surface area contributed by atoms with E-state index in [2.05, 4.69) is 16.9 Å². The summed E-state index contributed by atoms with van der Waals surface area (Å²) in [5, 5.41) is 2.93. The number of nitrogens with one attached hydrogen (secondary N) is 1. The van der Waals surface area contributed by atoms with Gasteiger partial charge in [-0.3, -0.25) is 9.78 Å². The predicted octanol–water partition coefficient (Wildman–Crippen LogP) is 5.01. The van der Waals surface area contributed by atoms with E-state index in [9.17, 15) is 22.0 Å². The molecule has 1 aromatic heterocycles. The number of aromatic nitrogens is 1. The summed E-state index contributed by atoms with van der Waals surface area (Å²) < 4.78 is 50.4. The third-order valence-corrected chi connectivity index (χ3v) is 6.20. The maximum Gasteiger partial charge on any atom is 0.291 e. The first-order valence-corrected chi connectivity index (χ1v) is 11.6. The molecule has 9 heteroatoms. The van der Waals surface area contributed by atoms with Gasteiger partial charge in [-0.25, -0.2) is 8.42 Å². The van der Waals surface area contributed by atoms with Crippen LogP contribution in [0.4, 0.5) is 8.78 Å². The molecule has 1 N–H and O–H groups in total. The van der Waals surface area contributed by atoms with Gasteiger partial charge in [-0.15, -0.1) is 0 Å². The van der Waals surface area contributed by atoms with E-state index in [0.29, 0.717) is 28.5 Å². The van der Waals surface area contributed by atoms with Crippen LogP contribution in [0.5, 0.6) is 0 Å². The molecule has 0 aliphatic heterocycles. The minimum Gasteiger partial charge on any atom is -0.348 e. The van der Waals surface area contributed by atoms with Crippen LogP contribution < -0.4 is 5.32 Å². The summed E-state index contributed by atoms with van der Waals surface area (Å²) in [5.41, 5.74) is 1.84. The molecule has 0 saturated carbocycles. The van der Waals surface area contributed by atoms with Gasteiger partial charge in [-0.1, -0.05) is 48.5 Å². The van der Waals surface area contributed by atoms with Gasteiger partial charge in [0.05, 0.1) is 16.2 Å². The number of amides is 1. The molecule has 0 spiro atoms. The lowest BCUT2D eigenvalue weighted by Gasteiger charge is -2.12. The fourth-order valence-corrected chi connectivity index (χ4v) is 3.82. The van der Waals surface area contributed by atoms with Gasteiger partial charge in [-0.2, -0.15) is 8.78 Å². The molecule has 5 nitrogen and oxygen atoms in total. The zero-order chi connectivity index (χ0) is 23.5. The van der Waals surface area contributed by atoms with Crippen LogP contribution in [0.25, 0.3) is 11.3 Å². The van der Waals surface area contributed by atoms with Crippen LogP contribution >= 0.6 is 11.6 Å². The Balaban J connectivity index is 1.67. The Kier molecular flexibility index (Phi) is 6.76. The summed E-state index contributed by atoms with van der Waals surface area (Å²) >= 11 is 6.12. The fourth-order valence-electron chi connectivity index (χ4n) is 2.86. The van der Waals surface area contributed by atoms with Crippen LogP contribution in [0, 0.1) is 0 Å². The van der Waals surface area contributed by atoms with E-state index in [1.54, 1.807) is 18.2 Å². The molecule has 3 rings (SSSR count). The van der Waals surface area contributed by atoms with Crippen molar-refractivity contribution in [2.75, 3.05) is 6.26 Å². The molecule has 3 aromatic rings. The second kappa shape index (κ2) is 9.18. The van der Waals surface area contributed by atoms with Crippen molar-refractivity contribution in [2.45, 2.75) is 17.4 Å². The van der Waals surface area contributed by atoms with Gasteiger partial charge in [-0.05, 0) is 35.9 Å². The number of hydrogen-bond acceptors (Lipinski definition) is 4. The van der Waals surface area contributed by atoms with E-state index in [1.165, 1.54) is 42.6 Å². The molecule has 2 aromatic carbocycles. The zero-order valence-electron chi connectivity index (χ0n) is 17.0. The molecule has 0 atom stereocenters. The van der Waals surface area contributed by atoms with Crippen molar-refractivity contribution in [3.8, 4) is 11.3 Å². The predicted molar refractivity (Wildman–Crippen MR) is 119 cm³/mol. The van der Waals surface area contributed by atoms with E-state index >= 15 is 0 Å². The molecule has 0 saturated heterocycles. The Morgan fingerprint density at radius 3 is 2.38 bits per heavy atom. The number of halogens is 3. The SMILES string of the molecule is C=CC(F)(F)c1ccc(-c2ccc(C(=O)NCc3ccc(S(C)(=O)=O)cc3Cl)cn2)cc1. The molecule has 0 radical (unpaired) electrons. The number of allylic oxidation sites excluding steroid dienone is 1. The molecule has 0 bridgehead atoms. The lowest BCUT2D eigenvalue weighted by Crippen LogP contribution is -2.23. The number of carbonyl (C=O) groups is 1. The van der Waals surface area contributed by atoms with Crippen LogP contribution in [0.2, 0.25) is 5.02 Å². The lowest BCUT2D eigenvalue weighted by molar-refractivity contribution is 0.0525. The molecule has 1 heterocycles. The molecule has 0 aliphatic carbocycles. The molecule has 1 amide bonds. The van der Waals surface area contributed by atoms with Crippen LogP contribution in [0.3, 0.4) is 0 Å². The summed E-state index contributed by atoms with van der Waals surface area (Å²) in [4.78, 5) is 16.7. The highest BCUT2D eigenvalue weighted by Crippen LogP contribution is 2.30. The molecule has 32 heavy (non-hydrogen) atoms. The van der Waals surface area contributed by atoms with Gasteiger partial charge in [0.15, 0.2) is 9.84 Å². The highest BCUT2D eigenvalue weighted by Gasteiger charge is 2.26. The van der Waals surface area contributed by atoms with Crippen molar-refractivity contribution >= 4 is 27.3 Å². The third-order valence-electron chi connectivity index (χ3n) is 4.74. The normalized spacial score (nSPS) is 11.8. The van der Waals surface area contributed by atoms with E-state index < -0.39 is 21.7 Å². The van der Waals surface area contributed by atoms with Gasteiger partial charge >= 0.3 is 0 Å². The molecule has 0 unspecified atom stereocenters. The molecule has 0 fully saturated rings.